The second-order valence-corrected chi connectivity index (χ2v) is 3.97. The summed E-state index contributed by atoms with van der Waals surface area (Å²) >= 11 is 0. The lowest BCUT2D eigenvalue weighted by atomic mass is 9.52. The summed E-state index contributed by atoms with van der Waals surface area (Å²) in [7, 11) is 0. The SMILES string of the molecule is C1NCC2C3CNCC2C13. The number of piperidine rings is 4. The Bertz CT molecular complexity index is 115. The van der Waals surface area contributed by atoms with Crippen LogP contribution in [0, 0.1) is 23.7 Å². The van der Waals surface area contributed by atoms with Crippen LogP contribution in [0.5, 0.6) is 0 Å². The maximum atomic E-state index is 3.49. The molecule has 4 rings (SSSR count). The second-order valence-electron chi connectivity index (χ2n) is 3.97. The summed E-state index contributed by atoms with van der Waals surface area (Å²) in [6.45, 7) is 5.20. The molecule has 1 aliphatic carbocycles. The molecule has 2 heteroatoms. The first kappa shape index (κ1) is 5.56. The van der Waals surface area contributed by atoms with Crippen molar-refractivity contribution in [3.8, 4) is 0 Å². The average Bonchev–Trinajstić information content (AvgIpc) is 2.08. The minimum absolute atomic E-state index is 1.04. The van der Waals surface area contributed by atoms with Crippen molar-refractivity contribution in [1.29, 1.82) is 0 Å². The van der Waals surface area contributed by atoms with E-state index in [4.69, 9.17) is 0 Å². The standard InChI is InChI=1S/C8H14N2/c1-5-6-3-10-4-7(5)8(6)2-9-1/h5-10H,1-4H2. The lowest BCUT2D eigenvalue weighted by Crippen LogP contribution is -2.68. The van der Waals surface area contributed by atoms with E-state index in [9.17, 15) is 0 Å². The van der Waals surface area contributed by atoms with Gasteiger partial charge in [0.1, 0.15) is 0 Å². The normalized spacial score (nSPS) is 57.6. The van der Waals surface area contributed by atoms with E-state index in [1.54, 1.807) is 0 Å². The van der Waals surface area contributed by atoms with Gasteiger partial charge >= 0.3 is 0 Å². The van der Waals surface area contributed by atoms with Crippen molar-refractivity contribution in [1.82, 2.24) is 10.6 Å². The highest BCUT2D eigenvalue weighted by Gasteiger charge is 2.53. The first-order valence-electron chi connectivity index (χ1n) is 4.38. The molecular weight excluding hydrogens is 124 g/mol. The van der Waals surface area contributed by atoms with Crippen LogP contribution in [-0.4, -0.2) is 26.2 Å². The van der Waals surface area contributed by atoms with Gasteiger partial charge in [-0.25, -0.2) is 0 Å². The topological polar surface area (TPSA) is 24.1 Å². The van der Waals surface area contributed by atoms with Crippen molar-refractivity contribution in [3.63, 3.8) is 0 Å². The molecule has 4 aliphatic rings. The Kier molecular flexibility index (Phi) is 0.968. The van der Waals surface area contributed by atoms with Gasteiger partial charge in [-0.1, -0.05) is 0 Å². The average molecular weight is 138 g/mol. The summed E-state index contributed by atoms with van der Waals surface area (Å²) in [5.74, 6) is 4.17. The summed E-state index contributed by atoms with van der Waals surface area (Å²) in [6.07, 6.45) is 0. The van der Waals surface area contributed by atoms with Crippen LogP contribution >= 0.6 is 0 Å². The predicted molar refractivity (Wildman–Crippen MR) is 39.7 cm³/mol. The quantitative estimate of drug-likeness (QED) is 0.479. The molecule has 2 nitrogen and oxygen atoms in total. The molecule has 0 unspecified atom stereocenters. The fraction of sp³-hybridized carbons (Fsp3) is 1.00. The van der Waals surface area contributed by atoms with Gasteiger partial charge in [0.25, 0.3) is 0 Å². The van der Waals surface area contributed by atoms with Crippen LogP contribution in [-0.2, 0) is 0 Å². The highest BCUT2D eigenvalue weighted by atomic mass is 15.0. The maximum absolute atomic E-state index is 3.49. The van der Waals surface area contributed by atoms with Gasteiger partial charge in [-0.05, 0) is 49.9 Å². The molecule has 0 spiro atoms. The zero-order valence-corrected chi connectivity index (χ0v) is 6.14. The summed E-state index contributed by atoms with van der Waals surface area (Å²) in [6, 6.07) is 0. The second kappa shape index (κ2) is 1.74. The zero-order chi connectivity index (χ0) is 6.55. The first-order chi connectivity index (χ1) is 4.97. The maximum Gasteiger partial charge on any atom is -0.00139 e. The Hall–Kier alpha value is -0.0800. The number of hydrogen-bond donors (Lipinski definition) is 2. The molecule has 0 radical (unpaired) electrons. The molecule has 0 aromatic carbocycles. The molecule has 0 atom stereocenters. The van der Waals surface area contributed by atoms with Crippen molar-refractivity contribution in [3.05, 3.63) is 0 Å². The first-order valence-corrected chi connectivity index (χ1v) is 4.38. The van der Waals surface area contributed by atoms with Gasteiger partial charge in [0.05, 0.1) is 0 Å². The minimum atomic E-state index is 1.04. The van der Waals surface area contributed by atoms with Gasteiger partial charge in [-0.2, -0.15) is 0 Å². The third kappa shape index (κ3) is 0.487. The molecule has 0 aromatic heterocycles. The largest absolute Gasteiger partial charge is 0.316 e. The Balaban J connectivity index is 1.86. The lowest BCUT2D eigenvalue weighted by molar-refractivity contribution is -0.0792. The van der Waals surface area contributed by atoms with Gasteiger partial charge in [0, 0.05) is 0 Å². The monoisotopic (exact) mass is 138 g/mol. The van der Waals surface area contributed by atoms with Crippen molar-refractivity contribution in [2.75, 3.05) is 26.2 Å². The zero-order valence-electron chi connectivity index (χ0n) is 6.14. The van der Waals surface area contributed by atoms with Crippen LogP contribution in [0.2, 0.25) is 0 Å². The Morgan fingerprint density at radius 1 is 0.600 bits per heavy atom. The number of hydrogen-bond acceptors (Lipinski definition) is 2. The van der Waals surface area contributed by atoms with Gasteiger partial charge in [-0.3, -0.25) is 0 Å². The van der Waals surface area contributed by atoms with E-state index < -0.39 is 0 Å². The summed E-state index contributed by atoms with van der Waals surface area (Å²) in [5, 5.41) is 6.97. The molecule has 4 fully saturated rings. The predicted octanol–water partition coefficient (Wildman–Crippen LogP) is -0.329. The van der Waals surface area contributed by atoms with Crippen LogP contribution in [0.1, 0.15) is 0 Å². The fourth-order valence-electron chi connectivity index (χ4n) is 3.17. The van der Waals surface area contributed by atoms with Crippen LogP contribution in [0.25, 0.3) is 0 Å². The van der Waals surface area contributed by atoms with Crippen LogP contribution < -0.4 is 10.6 Å². The lowest BCUT2D eigenvalue weighted by Gasteiger charge is -2.60. The van der Waals surface area contributed by atoms with Crippen LogP contribution in [0.15, 0.2) is 0 Å². The molecule has 56 valence electrons. The van der Waals surface area contributed by atoms with Gasteiger partial charge in [-0.15, -0.1) is 0 Å². The van der Waals surface area contributed by atoms with Crippen molar-refractivity contribution < 1.29 is 0 Å². The van der Waals surface area contributed by atoms with E-state index >= 15 is 0 Å². The molecule has 1 saturated carbocycles. The van der Waals surface area contributed by atoms with Gasteiger partial charge in [0.2, 0.25) is 0 Å². The van der Waals surface area contributed by atoms with Crippen LogP contribution in [0.4, 0.5) is 0 Å². The molecule has 3 saturated heterocycles. The molecule has 10 heavy (non-hydrogen) atoms. The van der Waals surface area contributed by atoms with Crippen molar-refractivity contribution in [2.24, 2.45) is 23.7 Å². The molecule has 2 N–H and O–H groups in total. The summed E-state index contributed by atoms with van der Waals surface area (Å²) < 4.78 is 0. The molecule has 0 amide bonds. The van der Waals surface area contributed by atoms with E-state index in [1.165, 1.54) is 26.2 Å². The molecule has 0 aromatic rings. The Labute approximate surface area is 61.4 Å². The van der Waals surface area contributed by atoms with E-state index in [1.807, 2.05) is 0 Å². The molecule has 4 bridgehead atoms. The highest BCUT2D eigenvalue weighted by molar-refractivity contribution is 5.06. The van der Waals surface area contributed by atoms with E-state index in [0.29, 0.717) is 0 Å². The van der Waals surface area contributed by atoms with Gasteiger partial charge in [0.15, 0.2) is 0 Å². The van der Waals surface area contributed by atoms with Crippen LogP contribution in [0.3, 0.4) is 0 Å². The molecular formula is C8H14N2. The molecule has 3 aliphatic heterocycles. The van der Waals surface area contributed by atoms with Crippen molar-refractivity contribution >= 4 is 0 Å². The third-order valence-electron chi connectivity index (χ3n) is 3.72. The number of nitrogens with one attached hydrogen (secondary N) is 2. The number of fused-ring (bicyclic) bond motifs is 2. The number of rotatable bonds is 0. The smallest absolute Gasteiger partial charge is 0.00139 e. The highest BCUT2D eigenvalue weighted by Crippen LogP contribution is 2.49. The summed E-state index contributed by atoms with van der Waals surface area (Å²) in [5.41, 5.74) is 0. The van der Waals surface area contributed by atoms with Crippen molar-refractivity contribution in [2.45, 2.75) is 0 Å². The van der Waals surface area contributed by atoms with Gasteiger partial charge < -0.3 is 10.6 Å². The van der Waals surface area contributed by atoms with E-state index in [0.717, 1.165) is 23.7 Å². The minimum Gasteiger partial charge on any atom is -0.316 e. The van der Waals surface area contributed by atoms with E-state index in [2.05, 4.69) is 10.6 Å². The fourth-order valence-corrected chi connectivity index (χ4v) is 3.17. The Morgan fingerprint density at radius 2 is 0.900 bits per heavy atom. The van der Waals surface area contributed by atoms with E-state index in [-0.39, 0.29) is 0 Å². The summed E-state index contributed by atoms with van der Waals surface area (Å²) in [4.78, 5) is 0. The Morgan fingerprint density at radius 3 is 1.20 bits per heavy atom. The third-order valence-corrected chi connectivity index (χ3v) is 3.72. The molecule has 3 heterocycles.